The molecule has 0 unspecified atom stereocenters. The van der Waals surface area contributed by atoms with Gasteiger partial charge in [-0.2, -0.15) is 0 Å². The molecule has 0 fully saturated rings. The summed E-state index contributed by atoms with van der Waals surface area (Å²) in [6, 6.07) is -0.185. The Balaban J connectivity index is 4.13. The number of aliphatic carboxylic acids is 1. The average Bonchev–Trinajstić information content (AvgIpc) is 1.98. The maximum Gasteiger partial charge on any atom is 0.320 e. The van der Waals surface area contributed by atoms with Gasteiger partial charge in [0.2, 0.25) is 0 Å². The van der Waals surface area contributed by atoms with E-state index in [-0.39, 0.29) is 12.0 Å². The first-order valence-electron chi connectivity index (χ1n) is 4.47. The zero-order valence-corrected chi connectivity index (χ0v) is 8.29. The van der Waals surface area contributed by atoms with Crippen molar-refractivity contribution in [3.8, 4) is 0 Å². The predicted molar refractivity (Wildman–Crippen MR) is 49.2 cm³/mol. The number of carbonyl (C=O) groups is 1. The van der Waals surface area contributed by atoms with Crippen molar-refractivity contribution in [3.05, 3.63) is 0 Å². The maximum atomic E-state index is 10.8. The van der Waals surface area contributed by atoms with E-state index < -0.39 is 12.0 Å². The van der Waals surface area contributed by atoms with Gasteiger partial charge in [-0.05, 0) is 5.92 Å². The van der Waals surface area contributed by atoms with E-state index in [1.807, 2.05) is 27.7 Å². The van der Waals surface area contributed by atoms with Crippen molar-refractivity contribution >= 4 is 5.97 Å². The number of carboxylic acids is 1. The molecule has 0 spiro atoms. The Morgan fingerprint density at radius 2 is 1.92 bits per heavy atom. The molecule has 0 aromatic heterocycles. The van der Waals surface area contributed by atoms with Crippen LogP contribution in [-0.4, -0.2) is 23.2 Å². The topological polar surface area (TPSA) is 49.3 Å². The lowest BCUT2D eigenvalue weighted by atomic mass is 9.99. The van der Waals surface area contributed by atoms with E-state index in [4.69, 9.17) is 5.11 Å². The van der Waals surface area contributed by atoms with Crippen molar-refractivity contribution in [2.24, 2.45) is 5.92 Å². The van der Waals surface area contributed by atoms with E-state index >= 15 is 0 Å². The van der Waals surface area contributed by atoms with Gasteiger partial charge in [0.15, 0.2) is 0 Å². The second-order valence-corrected chi connectivity index (χ2v) is 3.52. The predicted octanol–water partition coefficient (Wildman–Crippen LogP) is 1.48. The average molecular weight is 173 g/mol. The number of rotatable bonds is 5. The van der Waals surface area contributed by atoms with E-state index in [9.17, 15) is 4.79 Å². The summed E-state index contributed by atoms with van der Waals surface area (Å²) < 4.78 is 0. The molecule has 0 aliphatic heterocycles. The summed E-state index contributed by atoms with van der Waals surface area (Å²) >= 11 is 0. The number of carboxylic acid groups (broad SMARTS) is 1. The number of nitrogens with one attached hydrogen (secondary N) is 1. The quantitative estimate of drug-likeness (QED) is 0.662. The molecule has 0 saturated heterocycles. The highest BCUT2D eigenvalue weighted by Crippen LogP contribution is 2.08. The molecule has 0 rings (SSSR count). The van der Waals surface area contributed by atoms with Crippen LogP contribution >= 0.6 is 0 Å². The van der Waals surface area contributed by atoms with Crippen LogP contribution in [0.3, 0.4) is 0 Å². The van der Waals surface area contributed by atoms with Crippen molar-refractivity contribution in [2.45, 2.75) is 46.2 Å². The Morgan fingerprint density at radius 1 is 1.42 bits per heavy atom. The summed E-state index contributed by atoms with van der Waals surface area (Å²) in [5.74, 6) is -0.567. The minimum Gasteiger partial charge on any atom is -0.480 e. The standard InChI is InChI=1S/C9H19NO2/c1-5-7(4)8(9(11)12)10-6(2)3/h6-8,10H,5H2,1-4H3,(H,11,12)/t7-,8-/m0/s1. The van der Waals surface area contributed by atoms with Gasteiger partial charge >= 0.3 is 5.97 Å². The van der Waals surface area contributed by atoms with Gasteiger partial charge in [-0.3, -0.25) is 4.79 Å². The van der Waals surface area contributed by atoms with E-state index in [0.717, 1.165) is 6.42 Å². The second-order valence-electron chi connectivity index (χ2n) is 3.52. The fourth-order valence-corrected chi connectivity index (χ4v) is 1.07. The highest BCUT2D eigenvalue weighted by Gasteiger charge is 2.23. The zero-order valence-electron chi connectivity index (χ0n) is 8.29. The van der Waals surface area contributed by atoms with Gasteiger partial charge in [0, 0.05) is 6.04 Å². The molecule has 3 heteroatoms. The Labute approximate surface area is 74.2 Å². The van der Waals surface area contributed by atoms with Crippen LogP contribution in [0.4, 0.5) is 0 Å². The number of hydrogen-bond acceptors (Lipinski definition) is 2. The molecule has 2 N–H and O–H groups in total. The fraction of sp³-hybridized carbons (Fsp3) is 0.889. The molecule has 0 aromatic rings. The van der Waals surface area contributed by atoms with Crippen LogP contribution in [0.5, 0.6) is 0 Å². The lowest BCUT2D eigenvalue weighted by Gasteiger charge is -2.22. The van der Waals surface area contributed by atoms with E-state index in [1.165, 1.54) is 0 Å². The van der Waals surface area contributed by atoms with Crippen molar-refractivity contribution < 1.29 is 9.90 Å². The summed E-state index contributed by atoms with van der Waals surface area (Å²) in [7, 11) is 0. The van der Waals surface area contributed by atoms with Crippen LogP contribution in [0, 0.1) is 5.92 Å². The van der Waals surface area contributed by atoms with Crippen LogP contribution < -0.4 is 5.32 Å². The van der Waals surface area contributed by atoms with Crippen molar-refractivity contribution in [1.29, 1.82) is 0 Å². The Morgan fingerprint density at radius 3 is 2.17 bits per heavy atom. The minimum atomic E-state index is -0.752. The lowest BCUT2D eigenvalue weighted by Crippen LogP contribution is -2.45. The molecule has 0 saturated carbocycles. The van der Waals surface area contributed by atoms with Gasteiger partial charge in [-0.1, -0.05) is 34.1 Å². The molecular formula is C9H19NO2. The van der Waals surface area contributed by atoms with Crippen LogP contribution in [0.1, 0.15) is 34.1 Å². The summed E-state index contributed by atoms with van der Waals surface area (Å²) in [6.45, 7) is 7.87. The molecule has 0 aliphatic rings. The van der Waals surface area contributed by atoms with Crippen molar-refractivity contribution in [2.75, 3.05) is 0 Å². The molecule has 0 heterocycles. The summed E-state index contributed by atoms with van der Waals surface area (Å²) in [4.78, 5) is 10.8. The van der Waals surface area contributed by atoms with E-state index in [0.29, 0.717) is 0 Å². The van der Waals surface area contributed by atoms with Crippen LogP contribution in [0.15, 0.2) is 0 Å². The Kier molecular flexibility index (Phi) is 4.90. The van der Waals surface area contributed by atoms with Crippen molar-refractivity contribution in [1.82, 2.24) is 5.32 Å². The molecule has 0 amide bonds. The lowest BCUT2D eigenvalue weighted by molar-refractivity contribution is -0.141. The van der Waals surface area contributed by atoms with Gasteiger partial charge in [-0.25, -0.2) is 0 Å². The van der Waals surface area contributed by atoms with Gasteiger partial charge in [-0.15, -0.1) is 0 Å². The summed E-state index contributed by atoms with van der Waals surface area (Å²) in [6.07, 6.45) is 0.886. The third-order valence-electron chi connectivity index (χ3n) is 1.99. The maximum absolute atomic E-state index is 10.8. The second kappa shape index (κ2) is 5.14. The normalized spacial score (nSPS) is 16.1. The summed E-state index contributed by atoms with van der Waals surface area (Å²) in [5, 5.41) is 11.9. The van der Waals surface area contributed by atoms with Gasteiger partial charge in [0.25, 0.3) is 0 Å². The van der Waals surface area contributed by atoms with E-state index in [1.54, 1.807) is 0 Å². The van der Waals surface area contributed by atoms with Gasteiger partial charge < -0.3 is 10.4 Å². The first kappa shape index (κ1) is 11.4. The molecule has 0 bridgehead atoms. The van der Waals surface area contributed by atoms with Crippen LogP contribution in [0.2, 0.25) is 0 Å². The molecule has 0 radical (unpaired) electrons. The highest BCUT2D eigenvalue weighted by molar-refractivity contribution is 5.73. The zero-order chi connectivity index (χ0) is 9.72. The van der Waals surface area contributed by atoms with Crippen molar-refractivity contribution in [3.63, 3.8) is 0 Å². The Hall–Kier alpha value is -0.570. The van der Waals surface area contributed by atoms with E-state index in [2.05, 4.69) is 5.32 Å². The third-order valence-corrected chi connectivity index (χ3v) is 1.99. The highest BCUT2D eigenvalue weighted by atomic mass is 16.4. The monoisotopic (exact) mass is 173 g/mol. The first-order valence-corrected chi connectivity index (χ1v) is 4.47. The van der Waals surface area contributed by atoms with Crippen LogP contribution in [0.25, 0.3) is 0 Å². The summed E-state index contributed by atoms with van der Waals surface area (Å²) in [5.41, 5.74) is 0. The Bertz CT molecular complexity index is 145. The fourth-order valence-electron chi connectivity index (χ4n) is 1.07. The molecular weight excluding hydrogens is 154 g/mol. The molecule has 0 aliphatic carbocycles. The van der Waals surface area contributed by atoms with Gasteiger partial charge in [0.1, 0.15) is 6.04 Å². The first-order chi connectivity index (χ1) is 5.49. The largest absolute Gasteiger partial charge is 0.480 e. The smallest absolute Gasteiger partial charge is 0.320 e. The molecule has 12 heavy (non-hydrogen) atoms. The molecule has 0 aromatic carbocycles. The van der Waals surface area contributed by atoms with Gasteiger partial charge in [0.05, 0.1) is 0 Å². The molecule has 72 valence electrons. The SMILES string of the molecule is CC[C@H](C)[C@H](NC(C)C)C(=O)O. The minimum absolute atomic E-state index is 0.185. The molecule has 2 atom stereocenters. The third kappa shape index (κ3) is 3.72. The molecule has 3 nitrogen and oxygen atoms in total. The van der Waals surface area contributed by atoms with Crippen LogP contribution in [-0.2, 0) is 4.79 Å². The number of hydrogen-bond donors (Lipinski definition) is 2.